The van der Waals surface area contributed by atoms with Crippen molar-refractivity contribution in [1.29, 1.82) is 0 Å². The first kappa shape index (κ1) is 10.3. The summed E-state index contributed by atoms with van der Waals surface area (Å²) in [6, 6.07) is 0. The van der Waals surface area contributed by atoms with Gasteiger partial charge in [-0.15, -0.1) is 0 Å². The van der Waals surface area contributed by atoms with Gasteiger partial charge < -0.3 is 4.90 Å². The molecule has 2 heteroatoms. The lowest BCUT2D eigenvalue weighted by atomic mass is 10.2. The van der Waals surface area contributed by atoms with E-state index < -0.39 is 0 Å². The molecule has 0 spiro atoms. The Kier molecular flexibility index (Phi) is 6.24. The second-order valence-corrected chi connectivity index (χ2v) is 3.74. The summed E-state index contributed by atoms with van der Waals surface area (Å²) in [5.74, 6) is 0. The summed E-state index contributed by atoms with van der Waals surface area (Å²) in [6.07, 6.45) is 3.71. The molecule has 10 heavy (non-hydrogen) atoms. The Morgan fingerprint density at radius 1 is 1.40 bits per heavy atom. The van der Waals surface area contributed by atoms with Crippen molar-refractivity contribution in [2.75, 3.05) is 20.6 Å². The monoisotopic (exact) mass is 161 g/mol. The first-order valence-corrected chi connectivity index (χ1v) is 4.51. The number of rotatable bonds is 5. The zero-order chi connectivity index (χ0) is 7.98. The second kappa shape index (κ2) is 6.05. The molecule has 0 rings (SSSR count). The fourth-order valence-electron chi connectivity index (χ4n) is 0.847. The van der Waals surface area contributed by atoms with E-state index in [0.29, 0.717) is 5.25 Å². The maximum Gasteiger partial charge on any atom is 0.00146 e. The van der Waals surface area contributed by atoms with Gasteiger partial charge in [0.2, 0.25) is 0 Å². The summed E-state index contributed by atoms with van der Waals surface area (Å²) in [5, 5.41) is 0.611. The summed E-state index contributed by atoms with van der Waals surface area (Å²) in [4.78, 5) is 2.22. The van der Waals surface area contributed by atoms with Gasteiger partial charge >= 0.3 is 0 Å². The summed E-state index contributed by atoms with van der Waals surface area (Å²) >= 11 is 4.41. The molecule has 0 radical (unpaired) electrons. The molecule has 0 aliphatic carbocycles. The minimum Gasteiger partial charge on any atom is -0.309 e. The Balaban J connectivity index is 3.03. The van der Waals surface area contributed by atoms with Crippen molar-refractivity contribution >= 4 is 12.6 Å². The molecule has 0 saturated heterocycles. The van der Waals surface area contributed by atoms with Crippen molar-refractivity contribution in [3.63, 3.8) is 0 Å². The van der Waals surface area contributed by atoms with E-state index >= 15 is 0 Å². The van der Waals surface area contributed by atoms with Gasteiger partial charge in [-0.3, -0.25) is 0 Å². The van der Waals surface area contributed by atoms with Crippen molar-refractivity contribution in [1.82, 2.24) is 4.90 Å². The van der Waals surface area contributed by atoms with Crippen LogP contribution in [-0.4, -0.2) is 30.8 Å². The Bertz CT molecular complexity index is 73.7. The lowest BCUT2D eigenvalue weighted by Crippen LogP contribution is -2.14. The molecule has 1 nitrogen and oxygen atoms in total. The van der Waals surface area contributed by atoms with Gasteiger partial charge in [0, 0.05) is 5.25 Å². The topological polar surface area (TPSA) is 3.24 Å². The number of hydrogen-bond donors (Lipinski definition) is 1. The van der Waals surface area contributed by atoms with Gasteiger partial charge in [0.05, 0.1) is 0 Å². The molecule has 0 bridgehead atoms. The normalized spacial score (nSPS) is 14.1. The summed E-state index contributed by atoms with van der Waals surface area (Å²) in [7, 11) is 4.22. The van der Waals surface area contributed by atoms with Crippen LogP contribution in [0.15, 0.2) is 0 Å². The standard InChI is InChI=1S/C8H19NS/c1-4-8(10)6-5-7-9(2)3/h8,10H,4-7H2,1-3H3. The van der Waals surface area contributed by atoms with E-state index in [0.717, 1.165) is 0 Å². The Hall–Kier alpha value is 0.310. The number of nitrogens with zero attached hydrogens (tertiary/aromatic N) is 1. The minimum absolute atomic E-state index is 0.611. The quantitative estimate of drug-likeness (QED) is 0.604. The highest BCUT2D eigenvalue weighted by Gasteiger charge is 1.98. The van der Waals surface area contributed by atoms with Gasteiger partial charge in [0.25, 0.3) is 0 Å². The second-order valence-electron chi connectivity index (χ2n) is 3.01. The first-order valence-electron chi connectivity index (χ1n) is 3.99. The van der Waals surface area contributed by atoms with Gasteiger partial charge in [-0.05, 0) is 39.9 Å². The van der Waals surface area contributed by atoms with Gasteiger partial charge in [-0.1, -0.05) is 6.92 Å². The molecule has 62 valence electrons. The molecule has 1 unspecified atom stereocenters. The fourth-order valence-corrected chi connectivity index (χ4v) is 1.03. The third-order valence-electron chi connectivity index (χ3n) is 1.61. The predicted octanol–water partition coefficient (Wildman–Crippen LogP) is 2.04. The van der Waals surface area contributed by atoms with Crippen molar-refractivity contribution in [3.8, 4) is 0 Å². The van der Waals surface area contributed by atoms with Crippen LogP contribution < -0.4 is 0 Å². The molecule has 0 N–H and O–H groups in total. The van der Waals surface area contributed by atoms with E-state index in [1.54, 1.807) is 0 Å². The zero-order valence-corrected chi connectivity index (χ0v) is 8.19. The van der Waals surface area contributed by atoms with Crippen molar-refractivity contribution in [3.05, 3.63) is 0 Å². The third-order valence-corrected chi connectivity index (χ3v) is 2.24. The highest BCUT2D eigenvalue weighted by molar-refractivity contribution is 7.80. The lowest BCUT2D eigenvalue weighted by Gasteiger charge is -2.11. The average Bonchev–Trinajstić information content (AvgIpc) is 1.87. The SMILES string of the molecule is CCC(S)CCCN(C)C. The molecule has 0 aromatic heterocycles. The van der Waals surface area contributed by atoms with Crippen LogP contribution in [0.3, 0.4) is 0 Å². The van der Waals surface area contributed by atoms with E-state index in [1.807, 2.05) is 0 Å². The predicted molar refractivity (Wildman–Crippen MR) is 50.9 cm³/mol. The van der Waals surface area contributed by atoms with Crippen LogP contribution in [0.25, 0.3) is 0 Å². The van der Waals surface area contributed by atoms with Crippen molar-refractivity contribution in [2.24, 2.45) is 0 Å². The van der Waals surface area contributed by atoms with E-state index in [4.69, 9.17) is 0 Å². The molecule has 0 heterocycles. The van der Waals surface area contributed by atoms with Crippen LogP contribution in [0.1, 0.15) is 26.2 Å². The number of hydrogen-bond acceptors (Lipinski definition) is 2. The minimum atomic E-state index is 0.611. The van der Waals surface area contributed by atoms with Crippen molar-refractivity contribution in [2.45, 2.75) is 31.4 Å². The van der Waals surface area contributed by atoms with Gasteiger partial charge in [0.15, 0.2) is 0 Å². The summed E-state index contributed by atoms with van der Waals surface area (Å²) in [5.41, 5.74) is 0. The van der Waals surface area contributed by atoms with Crippen LogP contribution in [0, 0.1) is 0 Å². The third kappa shape index (κ3) is 6.43. The molecular formula is C8H19NS. The fraction of sp³-hybridized carbons (Fsp3) is 1.00. The highest BCUT2D eigenvalue weighted by atomic mass is 32.1. The Morgan fingerprint density at radius 3 is 2.40 bits per heavy atom. The Morgan fingerprint density at radius 2 is 2.00 bits per heavy atom. The van der Waals surface area contributed by atoms with Crippen LogP contribution in [-0.2, 0) is 0 Å². The lowest BCUT2D eigenvalue weighted by molar-refractivity contribution is 0.392. The average molecular weight is 161 g/mol. The smallest absolute Gasteiger partial charge is 0.00146 e. The van der Waals surface area contributed by atoms with Gasteiger partial charge in [-0.2, -0.15) is 12.6 Å². The first-order chi connectivity index (χ1) is 4.66. The van der Waals surface area contributed by atoms with E-state index in [9.17, 15) is 0 Å². The molecule has 0 aromatic carbocycles. The van der Waals surface area contributed by atoms with Crippen LogP contribution >= 0.6 is 12.6 Å². The number of thiol groups is 1. The molecular weight excluding hydrogens is 142 g/mol. The van der Waals surface area contributed by atoms with Gasteiger partial charge in [-0.25, -0.2) is 0 Å². The van der Waals surface area contributed by atoms with Crippen LogP contribution in [0.4, 0.5) is 0 Å². The van der Waals surface area contributed by atoms with E-state index in [-0.39, 0.29) is 0 Å². The maximum atomic E-state index is 4.41. The molecule has 0 aliphatic rings. The molecule has 1 atom stereocenters. The maximum absolute atomic E-state index is 4.41. The molecule has 0 aliphatic heterocycles. The van der Waals surface area contributed by atoms with Crippen LogP contribution in [0.2, 0.25) is 0 Å². The largest absolute Gasteiger partial charge is 0.309 e. The molecule has 0 aromatic rings. The molecule has 0 fully saturated rings. The van der Waals surface area contributed by atoms with E-state index in [1.165, 1.54) is 25.8 Å². The summed E-state index contributed by atoms with van der Waals surface area (Å²) < 4.78 is 0. The van der Waals surface area contributed by atoms with Crippen LogP contribution in [0.5, 0.6) is 0 Å². The zero-order valence-electron chi connectivity index (χ0n) is 7.30. The van der Waals surface area contributed by atoms with Gasteiger partial charge in [0.1, 0.15) is 0 Å². The highest BCUT2D eigenvalue weighted by Crippen LogP contribution is 2.08. The molecule has 0 saturated carbocycles. The molecule has 0 amide bonds. The Labute approximate surface area is 70.2 Å². The van der Waals surface area contributed by atoms with E-state index in [2.05, 4.69) is 38.5 Å². The van der Waals surface area contributed by atoms with Crippen molar-refractivity contribution < 1.29 is 0 Å². The summed E-state index contributed by atoms with van der Waals surface area (Å²) in [6.45, 7) is 3.38.